The van der Waals surface area contributed by atoms with E-state index < -0.39 is 6.95 Å². The lowest BCUT2D eigenvalue weighted by atomic mass is 10.9. The van der Waals surface area contributed by atoms with E-state index in [1.807, 2.05) is 0 Å². The Balaban J connectivity index is 3.46. The smallest absolute Gasteiger partial charge is 0.300 e. The molecule has 6 heteroatoms. The molecular formula is C3H7Cl2O3P. The van der Waals surface area contributed by atoms with Crippen molar-refractivity contribution in [3.63, 3.8) is 0 Å². The normalized spacial score (nSPS) is 17.2. The first-order chi connectivity index (χ1) is 4.12. The van der Waals surface area contributed by atoms with Crippen LogP contribution in [0.25, 0.3) is 0 Å². The molecule has 56 valence electrons. The summed E-state index contributed by atoms with van der Waals surface area (Å²) in [6, 6.07) is 0. The van der Waals surface area contributed by atoms with Crippen LogP contribution in [0.3, 0.4) is 0 Å². The highest BCUT2D eigenvalue weighted by Crippen LogP contribution is 2.52. The average Bonchev–Trinajstić information content (AvgIpc) is 1.84. The van der Waals surface area contributed by atoms with Crippen LogP contribution in [0.5, 0.6) is 0 Å². The van der Waals surface area contributed by atoms with E-state index in [0.29, 0.717) is 0 Å². The zero-order valence-corrected chi connectivity index (χ0v) is 7.25. The second-order valence-electron chi connectivity index (χ2n) is 1.14. The van der Waals surface area contributed by atoms with Gasteiger partial charge in [-0.05, 0) is 0 Å². The third-order valence-electron chi connectivity index (χ3n) is 0.541. The van der Waals surface area contributed by atoms with Crippen molar-refractivity contribution >= 4 is 29.8 Å². The molecule has 1 atom stereocenters. The van der Waals surface area contributed by atoms with E-state index in [-0.39, 0.29) is 12.5 Å². The van der Waals surface area contributed by atoms with Crippen LogP contribution in [-0.4, -0.2) is 19.6 Å². The molecule has 0 spiro atoms. The van der Waals surface area contributed by atoms with Gasteiger partial charge in [0.25, 0.3) is 0 Å². The maximum absolute atomic E-state index is 10.6. The lowest BCUT2D eigenvalue weighted by Crippen LogP contribution is -1.90. The Bertz CT molecular complexity index is 118. The standard InChI is InChI=1S/C3H7Cl2O3P/c1-7-9(5,6)8-3-2-4/h2-3H2,1H3. The lowest BCUT2D eigenvalue weighted by molar-refractivity contribution is 0.262. The van der Waals surface area contributed by atoms with Gasteiger partial charge in [-0.2, -0.15) is 0 Å². The third-order valence-corrected chi connectivity index (χ3v) is 2.33. The number of hydrogen-bond donors (Lipinski definition) is 0. The molecule has 0 aliphatic heterocycles. The molecule has 0 radical (unpaired) electrons. The summed E-state index contributed by atoms with van der Waals surface area (Å²) in [4.78, 5) is 0. The van der Waals surface area contributed by atoms with Crippen molar-refractivity contribution in [2.75, 3.05) is 19.6 Å². The van der Waals surface area contributed by atoms with Crippen LogP contribution in [0.4, 0.5) is 0 Å². The molecule has 0 amide bonds. The van der Waals surface area contributed by atoms with E-state index in [2.05, 4.69) is 9.05 Å². The Morgan fingerprint density at radius 3 is 2.56 bits per heavy atom. The molecule has 3 nitrogen and oxygen atoms in total. The molecule has 0 bridgehead atoms. The fourth-order valence-electron chi connectivity index (χ4n) is 0.196. The minimum Gasteiger partial charge on any atom is -0.300 e. The first-order valence-corrected chi connectivity index (χ1v) is 5.16. The molecular weight excluding hydrogens is 186 g/mol. The van der Waals surface area contributed by atoms with Gasteiger partial charge in [0.05, 0.1) is 6.61 Å². The summed E-state index contributed by atoms with van der Waals surface area (Å²) < 4.78 is 19.4. The highest BCUT2D eigenvalue weighted by atomic mass is 35.7. The van der Waals surface area contributed by atoms with E-state index in [0.717, 1.165) is 0 Å². The van der Waals surface area contributed by atoms with Gasteiger partial charge in [-0.25, -0.2) is 4.57 Å². The Kier molecular flexibility index (Phi) is 4.90. The predicted molar refractivity (Wildman–Crippen MR) is 37.1 cm³/mol. The van der Waals surface area contributed by atoms with Crippen molar-refractivity contribution in [2.24, 2.45) is 0 Å². The van der Waals surface area contributed by atoms with Crippen LogP contribution in [0.15, 0.2) is 0 Å². The molecule has 0 aliphatic rings. The first-order valence-electron chi connectivity index (χ1n) is 2.18. The van der Waals surface area contributed by atoms with Crippen molar-refractivity contribution in [3.8, 4) is 0 Å². The van der Waals surface area contributed by atoms with E-state index in [1.54, 1.807) is 0 Å². The minimum atomic E-state index is -3.30. The van der Waals surface area contributed by atoms with Crippen molar-refractivity contribution in [3.05, 3.63) is 0 Å². The van der Waals surface area contributed by atoms with Crippen LogP contribution < -0.4 is 0 Å². The number of rotatable bonds is 4. The summed E-state index contributed by atoms with van der Waals surface area (Å²) in [7, 11) is 1.21. The van der Waals surface area contributed by atoms with Gasteiger partial charge in [0.2, 0.25) is 0 Å². The molecule has 0 N–H and O–H groups in total. The topological polar surface area (TPSA) is 35.5 Å². The van der Waals surface area contributed by atoms with E-state index in [4.69, 9.17) is 22.8 Å². The molecule has 0 aromatic rings. The largest absolute Gasteiger partial charge is 0.423 e. The van der Waals surface area contributed by atoms with Crippen LogP contribution >= 0.6 is 29.8 Å². The lowest BCUT2D eigenvalue weighted by Gasteiger charge is -2.05. The quantitative estimate of drug-likeness (QED) is 0.507. The molecule has 0 saturated heterocycles. The van der Waals surface area contributed by atoms with Gasteiger partial charge in [0.15, 0.2) is 0 Å². The molecule has 0 aromatic heterocycles. The summed E-state index contributed by atoms with van der Waals surface area (Å²) >= 11 is 10.4. The molecule has 0 aliphatic carbocycles. The van der Waals surface area contributed by atoms with Crippen LogP contribution in [0.2, 0.25) is 0 Å². The monoisotopic (exact) mass is 192 g/mol. The molecule has 0 fully saturated rings. The van der Waals surface area contributed by atoms with Crippen molar-refractivity contribution in [2.45, 2.75) is 0 Å². The zero-order valence-electron chi connectivity index (χ0n) is 4.84. The summed E-state index contributed by atoms with van der Waals surface area (Å²) in [5.41, 5.74) is 0. The first kappa shape index (κ1) is 9.73. The van der Waals surface area contributed by atoms with Crippen LogP contribution in [-0.2, 0) is 13.6 Å². The average molecular weight is 193 g/mol. The second kappa shape index (κ2) is 4.53. The molecule has 1 unspecified atom stereocenters. The number of hydrogen-bond acceptors (Lipinski definition) is 3. The zero-order chi connectivity index (χ0) is 7.33. The summed E-state index contributed by atoms with van der Waals surface area (Å²) in [5.74, 6) is 0.250. The summed E-state index contributed by atoms with van der Waals surface area (Å²) in [5, 5.41) is 0. The molecule has 9 heavy (non-hydrogen) atoms. The van der Waals surface area contributed by atoms with Gasteiger partial charge in [-0.1, -0.05) is 0 Å². The Morgan fingerprint density at radius 2 is 2.22 bits per heavy atom. The maximum atomic E-state index is 10.6. The number of alkyl halides is 1. The SMILES string of the molecule is COP(=O)(Cl)OCCCl. The van der Waals surface area contributed by atoms with E-state index in [1.165, 1.54) is 7.11 Å². The Morgan fingerprint density at radius 1 is 1.67 bits per heavy atom. The van der Waals surface area contributed by atoms with Crippen molar-refractivity contribution < 1.29 is 13.6 Å². The summed E-state index contributed by atoms with van der Waals surface area (Å²) in [6.07, 6.45) is 0. The fourth-order valence-corrected chi connectivity index (χ4v) is 1.00. The van der Waals surface area contributed by atoms with Crippen molar-refractivity contribution in [1.29, 1.82) is 0 Å². The van der Waals surface area contributed by atoms with Gasteiger partial charge in [0.1, 0.15) is 0 Å². The third kappa shape index (κ3) is 5.19. The van der Waals surface area contributed by atoms with Gasteiger partial charge < -0.3 is 4.52 Å². The van der Waals surface area contributed by atoms with Crippen molar-refractivity contribution in [1.82, 2.24) is 0 Å². The Labute approximate surface area is 63.6 Å². The minimum absolute atomic E-state index is 0.135. The highest BCUT2D eigenvalue weighted by Gasteiger charge is 2.16. The molecule has 0 heterocycles. The van der Waals surface area contributed by atoms with E-state index >= 15 is 0 Å². The van der Waals surface area contributed by atoms with Gasteiger partial charge in [0, 0.05) is 24.2 Å². The van der Waals surface area contributed by atoms with Gasteiger partial charge >= 0.3 is 6.95 Å². The highest BCUT2D eigenvalue weighted by molar-refractivity contribution is 7.81. The van der Waals surface area contributed by atoms with Crippen LogP contribution in [0.1, 0.15) is 0 Å². The predicted octanol–water partition coefficient (Wildman–Crippen LogP) is 2.24. The molecule has 0 rings (SSSR count). The summed E-state index contributed by atoms with van der Waals surface area (Å²) in [6.45, 7) is -3.17. The number of halogens is 2. The van der Waals surface area contributed by atoms with Gasteiger partial charge in [-0.15, -0.1) is 11.6 Å². The Hall–Kier alpha value is 0.730. The second-order valence-corrected chi connectivity index (χ2v) is 4.24. The van der Waals surface area contributed by atoms with Crippen LogP contribution in [0, 0.1) is 0 Å². The maximum Gasteiger partial charge on any atom is 0.423 e. The fraction of sp³-hybridized carbons (Fsp3) is 1.00. The van der Waals surface area contributed by atoms with Gasteiger partial charge in [-0.3, -0.25) is 4.52 Å². The van der Waals surface area contributed by atoms with E-state index in [9.17, 15) is 4.57 Å². The molecule has 0 aromatic carbocycles. The molecule has 0 saturated carbocycles.